The van der Waals surface area contributed by atoms with Crippen molar-refractivity contribution in [3.63, 3.8) is 0 Å². The number of carbonyl (C=O) groups is 1. The topological polar surface area (TPSA) is 73.6 Å². The molecular weight excluding hydrogens is 264 g/mol. The lowest BCUT2D eigenvalue weighted by molar-refractivity contribution is 0.0607. The van der Waals surface area contributed by atoms with Crippen molar-refractivity contribution in [1.82, 2.24) is 0 Å². The highest BCUT2D eigenvalue weighted by Crippen LogP contribution is 2.45. The van der Waals surface area contributed by atoms with E-state index in [1.807, 2.05) is 0 Å². The van der Waals surface area contributed by atoms with Crippen LogP contribution >= 0.6 is 11.3 Å². The van der Waals surface area contributed by atoms with Crippen molar-refractivity contribution in [3.8, 4) is 5.75 Å². The molecule has 0 aliphatic heterocycles. The average Bonchev–Trinajstić information content (AvgIpc) is 2.69. The van der Waals surface area contributed by atoms with E-state index in [-0.39, 0.29) is 0 Å². The summed E-state index contributed by atoms with van der Waals surface area (Å²) < 4.78 is 10.00. The number of thiophene rings is 1. The number of nitrogen functional groups attached to an aromatic ring is 1. The van der Waals surface area contributed by atoms with Gasteiger partial charge in [0.15, 0.2) is 5.75 Å². The van der Waals surface area contributed by atoms with Crippen LogP contribution in [0.25, 0.3) is 0 Å². The Kier molecular flexibility index (Phi) is 3.89. The molecule has 1 heterocycles. The molecule has 0 amide bonds. The van der Waals surface area contributed by atoms with Gasteiger partial charge in [-0.15, -0.1) is 11.3 Å². The van der Waals surface area contributed by atoms with Gasteiger partial charge in [0.1, 0.15) is 15.6 Å². The van der Waals surface area contributed by atoms with E-state index in [2.05, 4.69) is 12.2 Å². The second kappa shape index (κ2) is 5.28. The van der Waals surface area contributed by atoms with Gasteiger partial charge >= 0.3 is 5.97 Å². The molecule has 0 bridgehead atoms. The van der Waals surface area contributed by atoms with Crippen molar-refractivity contribution in [2.75, 3.05) is 31.8 Å². The van der Waals surface area contributed by atoms with Crippen LogP contribution in [-0.4, -0.2) is 26.7 Å². The SMILES string of the molecule is COC(=O)c1sc(NCC2(C)CCC2)c(OC)c1N. The number of ether oxygens (including phenoxy) is 2. The van der Waals surface area contributed by atoms with Gasteiger partial charge in [0, 0.05) is 6.54 Å². The maximum Gasteiger partial charge on any atom is 0.350 e. The van der Waals surface area contributed by atoms with E-state index in [1.165, 1.54) is 37.7 Å². The predicted octanol–water partition coefficient (Wildman–Crippen LogP) is 2.73. The van der Waals surface area contributed by atoms with E-state index in [9.17, 15) is 4.79 Å². The minimum Gasteiger partial charge on any atom is -0.492 e. The zero-order chi connectivity index (χ0) is 14.0. The van der Waals surface area contributed by atoms with Gasteiger partial charge in [0.05, 0.1) is 14.2 Å². The maximum atomic E-state index is 11.6. The number of esters is 1. The van der Waals surface area contributed by atoms with Gasteiger partial charge in [-0.1, -0.05) is 13.3 Å². The Balaban J connectivity index is 2.17. The van der Waals surface area contributed by atoms with Crippen LogP contribution in [0.5, 0.6) is 5.75 Å². The Labute approximate surface area is 117 Å². The van der Waals surface area contributed by atoms with Crippen LogP contribution in [0, 0.1) is 5.41 Å². The zero-order valence-electron chi connectivity index (χ0n) is 11.5. The number of hydrogen-bond acceptors (Lipinski definition) is 6. The van der Waals surface area contributed by atoms with E-state index < -0.39 is 5.97 Å². The van der Waals surface area contributed by atoms with Gasteiger partial charge < -0.3 is 20.5 Å². The normalized spacial score (nSPS) is 16.6. The highest BCUT2D eigenvalue weighted by molar-refractivity contribution is 7.19. The van der Waals surface area contributed by atoms with Gasteiger partial charge in [-0.2, -0.15) is 0 Å². The molecule has 3 N–H and O–H groups in total. The number of carbonyl (C=O) groups excluding carboxylic acids is 1. The molecule has 19 heavy (non-hydrogen) atoms. The van der Waals surface area contributed by atoms with Crippen molar-refractivity contribution in [2.24, 2.45) is 5.41 Å². The standard InChI is InChI=1S/C13H20N2O3S/c1-13(5-4-6-13)7-15-11-9(17-2)8(14)10(19-11)12(16)18-3/h15H,4-7,14H2,1-3H3. The summed E-state index contributed by atoms with van der Waals surface area (Å²) in [6, 6.07) is 0. The van der Waals surface area contributed by atoms with Crippen LogP contribution in [0.2, 0.25) is 0 Å². The molecule has 6 heteroatoms. The third-order valence-corrected chi connectivity index (χ3v) is 4.84. The highest BCUT2D eigenvalue weighted by atomic mass is 32.1. The van der Waals surface area contributed by atoms with E-state index >= 15 is 0 Å². The Morgan fingerprint density at radius 3 is 2.63 bits per heavy atom. The molecule has 0 aromatic carbocycles. The zero-order valence-corrected chi connectivity index (χ0v) is 12.4. The number of hydrogen-bond donors (Lipinski definition) is 2. The lowest BCUT2D eigenvalue weighted by Gasteiger charge is -2.38. The molecule has 0 atom stereocenters. The van der Waals surface area contributed by atoms with Gasteiger partial charge in [-0.25, -0.2) is 4.79 Å². The number of nitrogens with one attached hydrogen (secondary N) is 1. The van der Waals surface area contributed by atoms with Crippen LogP contribution in [0.4, 0.5) is 10.7 Å². The summed E-state index contributed by atoms with van der Waals surface area (Å²) in [5, 5.41) is 4.15. The number of rotatable bonds is 5. The minimum atomic E-state index is -0.427. The van der Waals surface area contributed by atoms with Crippen LogP contribution in [0.15, 0.2) is 0 Å². The van der Waals surface area contributed by atoms with E-state index in [0.717, 1.165) is 11.5 Å². The average molecular weight is 284 g/mol. The van der Waals surface area contributed by atoms with Crippen LogP contribution in [-0.2, 0) is 4.74 Å². The first kappa shape index (κ1) is 14.0. The van der Waals surface area contributed by atoms with Gasteiger partial charge in [0.2, 0.25) is 0 Å². The van der Waals surface area contributed by atoms with Gasteiger partial charge in [-0.3, -0.25) is 0 Å². The molecule has 5 nitrogen and oxygen atoms in total. The molecule has 106 valence electrons. The summed E-state index contributed by atoms with van der Waals surface area (Å²) in [5.74, 6) is 0.108. The quantitative estimate of drug-likeness (QED) is 0.813. The second-order valence-corrected chi connectivity index (χ2v) is 6.24. The van der Waals surface area contributed by atoms with Crippen molar-refractivity contribution >= 4 is 28.0 Å². The summed E-state index contributed by atoms with van der Waals surface area (Å²) in [4.78, 5) is 12.0. The lowest BCUT2D eigenvalue weighted by Crippen LogP contribution is -2.33. The second-order valence-electron chi connectivity index (χ2n) is 5.22. The monoisotopic (exact) mass is 284 g/mol. The number of anilines is 2. The molecule has 1 fully saturated rings. The van der Waals surface area contributed by atoms with Crippen molar-refractivity contribution in [3.05, 3.63) is 4.88 Å². The summed E-state index contributed by atoms with van der Waals surface area (Å²) >= 11 is 1.28. The van der Waals surface area contributed by atoms with Crippen molar-refractivity contribution in [1.29, 1.82) is 0 Å². The van der Waals surface area contributed by atoms with Gasteiger partial charge in [-0.05, 0) is 18.3 Å². The summed E-state index contributed by atoms with van der Waals surface area (Å²) in [6.07, 6.45) is 3.75. The molecule has 2 rings (SSSR count). The molecule has 1 saturated carbocycles. The number of nitrogens with two attached hydrogens (primary N) is 1. The molecule has 0 unspecified atom stereocenters. The van der Waals surface area contributed by atoms with Gasteiger partial charge in [0.25, 0.3) is 0 Å². The largest absolute Gasteiger partial charge is 0.492 e. The number of methoxy groups -OCH3 is 2. The van der Waals surface area contributed by atoms with E-state index in [1.54, 1.807) is 7.11 Å². The molecule has 0 spiro atoms. The van der Waals surface area contributed by atoms with E-state index in [4.69, 9.17) is 15.2 Å². The Bertz CT molecular complexity index is 480. The lowest BCUT2D eigenvalue weighted by atomic mass is 9.70. The Hall–Kier alpha value is -1.43. The van der Waals surface area contributed by atoms with Crippen molar-refractivity contribution in [2.45, 2.75) is 26.2 Å². The fourth-order valence-electron chi connectivity index (χ4n) is 2.24. The first-order chi connectivity index (χ1) is 9.00. The maximum absolute atomic E-state index is 11.6. The minimum absolute atomic E-state index is 0.342. The third-order valence-electron chi connectivity index (χ3n) is 3.71. The third kappa shape index (κ3) is 2.63. The fraction of sp³-hybridized carbons (Fsp3) is 0.615. The van der Waals surface area contributed by atoms with Crippen LogP contribution in [0.1, 0.15) is 35.9 Å². The summed E-state index contributed by atoms with van der Waals surface area (Å²) in [6.45, 7) is 3.12. The molecule has 1 aliphatic carbocycles. The van der Waals surface area contributed by atoms with Crippen LogP contribution < -0.4 is 15.8 Å². The fourth-order valence-corrected chi connectivity index (χ4v) is 3.25. The molecule has 1 aliphatic rings. The van der Waals surface area contributed by atoms with Crippen LogP contribution in [0.3, 0.4) is 0 Å². The summed E-state index contributed by atoms with van der Waals surface area (Å²) in [7, 11) is 2.90. The molecular formula is C13H20N2O3S. The first-order valence-electron chi connectivity index (χ1n) is 6.29. The predicted molar refractivity (Wildman–Crippen MR) is 77.1 cm³/mol. The van der Waals surface area contributed by atoms with E-state index in [0.29, 0.717) is 21.7 Å². The smallest absolute Gasteiger partial charge is 0.350 e. The Morgan fingerprint density at radius 1 is 1.47 bits per heavy atom. The molecule has 0 saturated heterocycles. The molecule has 0 radical (unpaired) electrons. The highest BCUT2D eigenvalue weighted by Gasteiger charge is 2.32. The molecule has 1 aromatic heterocycles. The molecule has 1 aromatic rings. The first-order valence-corrected chi connectivity index (χ1v) is 7.11. The van der Waals surface area contributed by atoms with Crippen molar-refractivity contribution < 1.29 is 14.3 Å². The summed E-state index contributed by atoms with van der Waals surface area (Å²) in [5.41, 5.74) is 6.61. The Morgan fingerprint density at radius 2 is 2.16 bits per heavy atom.